The minimum atomic E-state index is -0.408. The number of nitrogens with zero attached hydrogens (tertiary/aromatic N) is 3. The van der Waals surface area contributed by atoms with E-state index in [4.69, 9.17) is 0 Å². The summed E-state index contributed by atoms with van der Waals surface area (Å²) in [6.45, 7) is 7.72. The maximum absolute atomic E-state index is 12.7. The van der Waals surface area contributed by atoms with Crippen LogP contribution in [0.2, 0.25) is 0 Å². The lowest BCUT2D eigenvalue weighted by Crippen LogP contribution is -2.38. The monoisotopic (exact) mass is 394 g/mol. The number of hydrogen-bond acceptors (Lipinski definition) is 4. The molecule has 1 aromatic carbocycles. The highest BCUT2D eigenvalue weighted by Gasteiger charge is 2.17. The summed E-state index contributed by atoms with van der Waals surface area (Å²) in [6, 6.07) is 5.82. The lowest BCUT2D eigenvalue weighted by Gasteiger charge is -2.15. The molecule has 7 heteroatoms. The molecular formula is C22H26N4O3. The molecule has 0 saturated carbocycles. The van der Waals surface area contributed by atoms with E-state index in [1.54, 1.807) is 7.05 Å². The summed E-state index contributed by atoms with van der Waals surface area (Å²) in [5, 5.41) is 3.34. The Balaban J connectivity index is 1.90. The van der Waals surface area contributed by atoms with Crippen LogP contribution in [0.3, 0.4) is 0 Å². The Morgan fingerprint density at radius 2 is 1.72 bits per heavy atom. The van der Waals surface area contributed by atoms with Crippen molar-refractivity contribution < 1.29 is 4.79 Å². The number of nitrogens with one attached hydrogen (secondary N) is 1. The van der Waals surface area contributed by atoms with Crippen molar-refractivity contribution in [3.8, 4) is 0 Å². The van der Waals surface area contributed by atoms with Crippen LogP contribution in [0.1, 0.15) is 34.4 Å². The molecule has 0 saturated heterocycles. The highest BCUT2D eigenvalue weighted by molar-refractivity contribution is 5.91. The van der Waals surface area contributed by atoms with Crippen LogP contribution in [0, 0.1) is 27.7 Å². The summed E-state index contributed by atoms with van der Waals surface area (Å²) in [5.41, 5.74) is 5.01. The highest BCUT2D eigenvalue weighted by atomic mass is 16.2. The van der Waals surface area contributed by atoms with Crippen LogP contribution in [0.5, 0.6) is 0 Å². The Kier molecular flexibility index (Phi) is 5.42. The van der Waals surface area contributed by atoms with Crippen molar-refractivity contribution in [3.63, 3.8) is 0 Å². The quantitative estimate of drug-likeness (QED) is 0.736. The first-order valence-corrected chi connectivity index (χ1v) is 9.54. The highest BCUT2D eigenvalue weighted by Crippen LogP contribution is 2.21. The molecule has 0 radical (unpaired) electrons. The summed E-state index contributed by atoms with van der Waals surface area (Å²) in [7, 11) is 3.06. The number of benzene rings is 1. The molecule has 1 N–H and O–H groups in total. The zero-order valence-corrected chi connectivity index (χ0v) is 17.7. The molecule has 0 atom stereocenters. The topological polar surface area (TPSA) is 86.0 Å². The molecule has 29 heavy (non-hydrogen) atoms. The molecule has 7 nitrogen and oxygen atoms in total. The fraction of sp³-hybridized carbons (Fsp3) is 0.364. The zero-order valence-electron chi connectivity index (χ0n) is 17.7. The van der Waals surface area contributed by atoms with Gasteiger partial charge in [0.2, 0.25) is 5.91 Å². The molecule has 1 amide bonds. The van der Waals surface area contributed by atoms with E-state index in [9.17, 15) is 14.4 Å². The predicted molar refractivity (Wildman–Crippen MR) is 115 cm³/mol. The van der Waals surface area contributed by atoms with Crippen molar-refractivity contribution in [2.75, 3.05) is 5.32 Å². The smallest absolute Gasteiger partial charge is 0.326 e. The number of anilines is 1. The molecule has 0 aliphatic rings. The van der Waals surface area contributed by atoms with Crippen molar-refractivity contribution >= 4 is 22.6 Å². The Morgan fingerprint density at radius 1 is 1.03 bits per heavy atom. The van der Waals surface area contributed by atoms with Gasteiger partial charge in [-0.3, -0.25) is 18.7 Å². The molecule has 0 fully saturated rings. The van der Waals surface area contributed by atoms with Gasteiger partial charge in [0.15, 0.2) is 0 Å². The number of pyridine rings is 1. The summed E-state index contributed by atoms with van der Waals surface area (Å²) in [5.74, 6) is -0.0967. The molecule has 3 rings (SSSR count). The second kappa shape index (κ2) is 7.66. The number of amides is 1. The van der Waals surface area contributed by atoms with E-state index in [2.05, 4.69) is 10.3 Å². The molecular weight excluding hydrogens is 368 g/mol. The molecule has 0 bridgehead atoms. The van der Waals surface area contributed by atoms with Crippen LogP contribution in [-0.2, 0) is 25.3 Å². The van der Waals surface area contributed by atoms with E-state index in [0.717, 1.165) is 32.6 Å². The minimum absolute atomic E-state index is 0.0967. The van der Waals surface area contributed by atoms with Crippen LogP contribution >= 0.6 is 0 Å². The SMILES string of the molecule is Cc1ccc(NC(=O)CCc2c(C)nc3c(c2C)c(=O)n(C)c(=O)n3C)cc1C. The number of carbonyl (C=O) groups is 1. The molecule has 3 aromatic rings. The second-order valence-electron chi connectivity index (χ2n) is 7.55. The maximum Gasteiger partial charge on any atom is 0.332 e. The van der Waals surface area contributed by atoms with Gasteiger partial charge in [-0.1, -0.05) is 6.07 Å². The van der Waals surface area contributed by atoms with Gasteiger partial charge in [0, 0.05) is 31.9 Å². The summed E-state index contributed by atoms with van der Waals surface area (Å²) >= 11 is 0. The number of carbonyl (C=O) groups excluding carboxylic acids is 1. The molecule has 0 aliphatic carbocycles. The number of aromatic nitrogens is 3. The van der Waals surface area contributed by atoms with Crippen LogP contribution in [0.15, 0.2) is 27.8 Å². The van der Waals surface area contributed by atoms with Crippen LogP contribution < -0.4 is 16.6 Å². The van der Waals surface area contributed by atoms with E-state index < -0.39 is 5.69 Å². The first kappa shape index (κ1) is 20.5. The van der Waals surface area contributed by atoms with Gasteiger partial charge in [-0.2, -0.15) is 0 Å². The van der Waals surface area contributed by atoms with E-state index in [1.165, 1.54) is 17.2 Å². The van der Waals surface area contributed by atoms with Crippen molar-refractivity contribution in [2.45, 2.75) is 40.5 Å². The Bertz CT molecular complexity index is 1250. The Morgan fingerprint density at radius 3 is 2.38 bits per heavy atom. The maximum atomic E-state index is 12.7. The van der Waals surface area contributed by atoms with Crippen LogP contribution in [0.4, 0.5) is 5.69 Å². The largest absolute Gasteiger partial charge is 0.332 e. The normalized spacial score (nSPS) is 11.1. The van der Waals surface area contributed by atoms with Crippen molar-refractivity contribution in [1.82, 2.24) is 14.1 Å². The van der Waals surface area contributed by atoms with E-state index >= 15 is 0 Å². The number of aryl methyl sites for hydroxylation is 5. The van der Waals surface area contributed by atoms with Gasteiger partial charge in [-0.05, 0) is 68.5 Å². The second-order valence-corrected chi connectivity index (χ2v) is 7.55. The van der Waals surface area contributed by atoms with Crippen molar-refractivity contribution in [1.29, 1.82) is 0 Å². The lowest BCUT2D eigenvalue weighted by atomic mass is 9.99. The molecule has 2 aromatic heterocycles. The van der Waals surface area contributed by atoms with E-state index in [0.29, 0.717) is 17.5 Å². The summed E-state index contributed by atoms with van der Waals surface area (Å²) in [4.78, 5) is 41.8. The van der Waals surface area contributed by atoms with Crippen LogP contribution in [0.25, 0.3) is 11.0 Å². The van der Waals surface area contributed by atoms with Gasteiger partial charge in [0.1, 0.15) is 5.65 Å². The van der Waals surface area contributed by atoms with Crippen molar-refractivity contribution in [3.05, 3.63) is 67.0 Å². The molecule has 2 heterocycles. The summed E-state index contributed by atoms with van der Waals surface area (Å²) in [6.07, 6.45) is 0.733. The number of fused-ring (bicyclic) bond motifs is 1. The number of rotatable bonds is 4. The van der Waals surface area contributed by atoms with E-state index in [-0.39, 0.29) is 17.9 Å². The Hall–Kier alpha value is -3.22. The fourth-order valence-corrected chi connectivity index (χ4v) is 3.59. The third kappa shape index (κ3) is 3.72. The fourth-order valence-electron chi connectivity index (χ4n) is 3.59. The van der Waals surface area contributed by atoms with Crippen molar-refractivity contribution in [2.24, 2.45) is 14.1 Å². The van der Waals surface area contributed by atoms with Gasteiger partial charge < -0.3 is 5.32 Å². The van der Waals surface area contributed by atoms with Crippen LogP contribution in [-0.4, -0.2) is 20.0 Å². The van der Waals surface area contributed by atoms with Gasteiger partial charge in [-0.15, -0.1) is 0 Å². The zero-order chi connectivity index (χ0) is 21.5. The number of hydrogen-bond donors (Lipinski definition) is 1. The van der Waals surface area contributed by atoms with Gasteiger partial charge >= 0.3 is 5.69 Å². The van der Waals surface area contributed by atoms with Gasteiger partial charge in [0.05, 0.1) is 5.39 Å². The predicted octanol–water partition coefficient (Wildman–Crippen LogP) is 2.44. The first-order chi connectivity index (χ1) is 13.6. The standard InChI is InChI=1S/C22H26N4O3/c1-12-7-8-16(11-13(12)2)24-18(27)10-9-17-14(3)19-20(23-15(17)4)25(5)22(29)26(6)21(19)28/h7-8,11H,9-10H2,1-6H3,(H,24,27). The first-order valence-electron chi connectivity index (χ1n) is 9.54. The third-order valence-corrected chi connectivity index (χ3v) is 5.56. The lowest BCUT2D eigenvalue weighted by molar-refractivity contribution is -0.116. The molecule has 152 valence electrons. The van der Waals surface area contributed by atoms with Gasteiger partial charge in [0.25, 0.3) is 5.56 Å². The Labute approximate surface area is 169 Å². The molecule has 0 aliphatic heterocycles. The molecule has 0 spiro atoms. The minimum Gasteiger partial charge on any atom is -0.326 e. The average Bonchev–Trinajstić information content (AvgIpc) is 2.67. The van der Waals surface area contributed by atoms with Gasteiger partial charge in [-0.25, -0.2) is 9.78 Å². The summed E-state index contributed by atoms with van der Waals surface area (Å²) < 4.78 is 2.47. The average molecular weight is 394 g/mol. The van der Waals surface area contributed by atoms with E-state index in [1.807, 2.05) is 45.9 Å². The third-order valence-electron chi connectivity index (χ3n) is 5.56. The molecule has 0 unspecified atom stereocenters.